The molecule has 1 aromatic heterocycles. The topological polar surface area (TPSA) is 95.2 Å². The summed E-state index contributed by atoms with van der Waals surface area (Å²) in [7, 11) is 0. The van der Waals surface area contributed by atoms with Crippen LogP contribution >= 0.6 is 0 Å². The fraction of sp³-hybridized carbons (Fsp3) is 0.600. The van der Waals surface area contributed by atoms with Crippen molar-refractivity contribution in [2.45, 2.75) is 90.6 Å². The fourth-order valence-corrected chi connectivity index (χ4v) is 10.8. The third-order valence-corrected chi connectivity index (χ3v) is 12.5. The molecule has 2 heterocycles. The number of carbonyl (C=O) groups is 2. The Kier molecular flexibility index (Phi) is 6.18. The lowest BCUT2D eigenvalue weighted by atomic mass is 9.36. The average Bonchev–Trinajstić information content (AvgIpc) is 3.69. The van der Waals surface area contributed by atoms with Crippen molar-refractivity contribution < 1.29 is 33.3 Å². The van der Waals surface area contributed by atoms with E-state index in [1.54, 1.807) is 18.4 Å². The van der Waals surface area contributed by atoms with Gasteiger partial charge in [-0.1, -0.05) is 57.5 Å². The molecule has 2 aromatic rings. The minimum absolute atomic E-state index is 0.0246. The smallest absolute Gasteiger partial charge is 0.338 e. The van der Waals surface area contributed by atoms with Gasteiger partial charge in [-0.3, -0.25) is 4.79 Å². The Labute approximate surface area is 247 Å². The van der Waals surface area contributed by atoms with Crippen LogP contribution in [0.3, 0.4) is 0 Å². The Morgan fingerprint density at radius 1 is 1.02 bits per heavy atom. The molecule has 4 aliphatic carbocycles. The summed E-state index contributed by atoms with van der Waals surface area (Å²) in [5, 5.41) is 12.4. The Morgan fingerprint density at radius 2 is 1.79 bits per heavy atom. The molecular formula is C35H42O7. The van der Waals surface area contributed by atoms with Crippen molar-refractivity contribution >= 4 is 11.9 Å². The van der Waals surface area contributed by atoms with E-state index in [9.17, 15) is 14.7 Å². The number of hydrogen-bond donors (Lipinski definition) is 1. The van der Waals surface area contributed by atoms with Gasteiger partial charge in [-0.05, 0) is 60.3 Å². The van der Waals surface area contributed by atoms with Crippen LogP contribution in [0.5, 0.6) is 0 Å². The number of ether oxygens (including phenoxy) is 3. The summed E-state index contributed by atoms with van der Waals surface area (Å²) in [6.07, 6.45) is 6.84. The number of carbonyl (C=O) groups excluding carboxylic acids is 2. The zero-order chi connectivity index (χ0) is 29.7. The van der Waals surface area contributed by atoms with Crippen molar-refractivity contribution in [3.05, 3.63) is 71.7 Å². The fourth-order valence-electron chi connectivity index (χ4n) is 10.8. The van der Waals surface area contributed by atoms with Crippen molar-refractivity contribution in [2.24, 2.45) is 33.5 Å². The van der Waals surface area contributed by atoms with Gasteiger partial charge in [0.15, 0.2) is 0 Å². The summed E-state index contributed by atoms with van der Waals surface area (Å²) in [5.74, 6) is -0.603. The van der Waals surface area contributed by atoms with Gasteiger partial charge in [0, 0.05) is 35.5 Å². The molecule has 7 nitrogen and oxygen atoms in total. The molecule has 7 heteroatoms. The molecule has 0 bridgehead atoms. The first-order valence-electron chi connectivity index (χ1n) is 15.4. The molecule has 42 heavy (non-hydrogen) atoms. The third kappa shape index (κ3) is 3.53. The summed E-state index contributed by atoms with van der Waals surface area (Å²) in [5.41, 5.74) is 1.21. The predicted molar refractivity (Wildman–Crippen MR) is 154 cm³/mol. The Bertz CT molecular complexity index is 1420. The number of allylic oxidation sites excluding steroid dienone is 1. The average molecular weight is 575 g/mol. The second kappa shape index (κ2) is 9.30. The van der Waals surface area contributed by atoms with Crippen LogP contribution in [0.15, 0.2) is 65.0 Å². The second-order valence-electron chi connectivity index (χ2n) is 14.4. The van der Waals surface area contributed by atoms with Crippen LogP contribution in [0.2, 0.25) is 0 Å². The van der Waals surface area contributed by atoms with Gasteiger partial charge in [0.2, 0.25) is 0 Å². The lowest BCUT2D eigenvalue weighted by Gasteiger charge is -2.69. The highest BCUT2D eigenvalue weighted by Gasteiger charge is 2.77. The maximum atomic E-state index is 13.6. The maximum absolute atomic E-state index is 13.6. The van der Waals surface area contributed by atoms with Crippen LogP contribution in [0.25, 0.3) is 0 Å². The van der Waals surface area contributed by atoms with Crippen LogP contribution in [0.1, 0.15) is 82.1 Å². The predicted octanol–water partition coefficient (Wildman–Crippen LogP) is 6.08. The molecule has 0 radical (unpaired) electrons. The highest BCUT2D eigenvalue weighted by atomic mass is 16.6. The molecular weight excluding hydrogens is 532 g/mol. The Balaban J connectivity index is 1.34. The van der Waals surface area contributed by atoms with Gasteiger partial charge in [0.25, 0.3) is 0 Å². The molecule has 1 N–H and O–H groups in total. The molecule has 1 aromatic carbocycles. The number of hydrogen-bond acceptors (Lipinski definition) is 7. The highest BCUT2D eigenvalue weighted by molar-refractivity contribution is 5.89. The second-order valence-corrected chi connectivity index (χ2v) is 14.4. The summed E-state index contributed by atoms with van der Waals surface area (Å²) in [4.78, 5) is 25.9. The number of aliphatic hydroxyl groups is 1. The first kappa shape index (κ1) is 27.9. The van der Waals surface area contributed by atoms with Gasteiger partial charge < -0.3 is 23.7 Å². The highest BCUT2D eigenvalue weighted by Crippen LogP contribution is 2.75. The van der Waals surface area contributed by atoms with Crippen LogP contribution in [-0.4, -0.2) is 48.1 Å². The number of fused-ring (bicyclic) bond motifs is 4. The maximum Gasteiger partial charge on any atom is 0.338 e. The number of furan rings is 1. The third-order valence-electron chi connectivity index (χ3n) is 12.5. The number of benzene rings is 1. The van der Waals surface area contributed by atoms with E-state index < -0.39 is 40.7 Å². The van der Waals surface area contributed by atoms with Crippen molar-refractivity contribution in [1.29, 1.82) is 0 Å². The molecule has 4 fully saturated rings. The molecule has 3 saturated carbocycles. The van der Waals surface area contributed by atoms with E-state index in [4.69, 9.17) is 18.6 Å². The molecule has 0 spiro atoms. The van der Waals surface area contributed by atoms with Crippen molar-refractivity contribution in [3.63, 3.8) is 0 Å². The summed E-state index contributed by atoms with van der Waals surface area (Å²) in [6, 6.07) is 11.1. The zero-order valence-corrected chi connectivity index (χ0v) is 25.2. The van der Waals surface area contributed by atoms with Gasteiger partial charge in [-0.25, -0.2) is 4.79 Å². The summed E-state index contributed by atoms with van der Waals surface area (Å²) < 4.78 is 24.5. The minimum atomic E-state index is -0.752. The largest absolute Gasteiger partial charge is 0.472 e. The standard InChI is InChI=1S/C35H42O7/c1-20(36)41-26-17-27(42-31(38)21-9-7-6-8-10-21)35(5)25-13-15-32(2)23(22-14-16-39-18-22)11-12-24(32)34(25,4)30(37)28-29(35)33(26,3)19-40-28/h6-10,12,14,16,18,23,25-30,37H,11,13,15,17,19H2,1-5H3/t23-,25-,26+,27-,28?,29?,30+,32-,33+,34-,35-/m0/s1. The van der Waals surface area contributed by atoms with Crippen LogP contribution < -0.4 is 0 Å². The number of aliphatic hydroxyl groups excluding tert-OH is 1. The van der Waals surface area contributed by atoms with Gasteiger partial charge >= 0.3 is 11.9 Å². The van der Waals surface area contributed by atoms with Crippen molar-refractivity contribution in [1.82, 2.24) is 0 Å². The number of esters is 2. The normalized spacial score (nSPS) is 45.3. The van der Waals surface area contributed by atoms with E-state index in [2.05, 4.69) is 39.8 Å². The van der Waals surface area contributed by atoms with Gasteiger partial charge in [-0.2, -0.15) is 0 Å². The van der Waals surface area contributed by atoms with E-state index >= 15 is 0 Å². The Hall–Kier alpha value is -2.90. The first-order chi connectivity index (χ1) is 20.0. The molecule has 7 rings (SSSR count). The molecule has 1 saturated heterocycles. The van der Waals surface area contributed by atoms with E-state index in [0.717, 1.165) is 19.3 Å². The summed E-state index contributed by atoms with van der Waals surface area (Å²) >= 11 is 0. The van der Waals surface area contributed by atoms with E-state index in [1.807, 2.05) is 24.5 Å². The number of rotatable bonds is 4. The van der Waals surface area contributed by atoms with E-state index in [-0.39, 0.29) is 35.1 Å². The van der Waals surface area contributed by atoms with Crippen molar-refractivity contribution in [2.75, 3.05) is 6.61 Å². The first-order valence-corrected chi connectivity index (χ1v) is 15.4. The molecule has 0 amide bonds. The lowest BCUT2D eigenvalue weighted by Crippen LogP contribution is -2.73. The van der Waals surface area contributed by atoms with Crippen molar-refractivity contribution in [3.8, 4) is 0 Å². The van der Waals surface area contributed by atoms with Crippen LogP contribution in [-0.2, 0) is 19.0 Å². The Morgan fingerprint density at radius 3 is 2.48 bits per heavy atom. The minimum Gasteiger partial charge on any atom is -0.472 e. The monoisotopic (exact) mass is 574 g/mol. The van der Waals surface area contributed by atoms with E-state index in [1.165, 1.54) is 18.1 Å². The zero-order valence-electron chi connectivity index (χ0n) is 25.2. The molecule has 2 unspecified atom stereocenters. The molecule has 11 atom stereocenters. The quantitative estimate of drug-likeness (QED) is 0.349. The van der Waals surface area contributed by atoms with Gasteiger partial charge in [0.1, 0.15) is 12.2 Å². The van der Waals surface area contributed by atoms with E-state index in [0.29, 0.717) is 18.6 Å². The van der Waals surface area contributed by atoms with Gasteiger partial charge in [0.05, 0.1) is 36.9 Å². The molecule has 224 valence electrons. The SMILES string of the molecule is CC(=O)O[C@@H]1C[C@H](OC(=O)c2ccccc2)[C@@]2(C)C3C(OC[C@@]31C)[C@@H](O)[C@@]1(C)C3=CC[C@@H](c4ccoc4)[C@]3(C)CC[C@@H]12. The molecule has 1 aliphatic heterocycles. The molecule has 5 aliphatic rings. The van der Waals surface area contributed by atoms with Crippen LogP contribution in [0, 0.1) is 33.5 Å². The lowest BCUT2D eigenvalue weighted by molar-refractivity contribution is -0.257. The van der Waals surface area contributed by atoms with Crippen LogP contribution in [0.4, 0.5) is 0 Å². The van der Waals surface area contributed by atoms with Gasteiger partial charge in [-0.15, -0.1) is 0 Å². The summed E-state index contributed by atoms with van der Waals surface area (Å²) in [6.45, 7) is 10.8.